The lowest BCUT2D eigenvalue weighted by Crippen LogP contribution is -2.29. The maximum absolute atomic E-state index is 13.3. The summed E-state index contributed by atoms with van der Waals surface area (Å²) in [6.45, 7) is 0.0853. The largest absolute Gasteiger partial charge is 0.493 e. The fourth-order valence-corrected chi connectivity index (χ4v) is 5.70. The summed E-state index contributed by atoms with van der Waals surface area (Å²) in [5.74, 6) is 0.593. The molecule has 0 fully saturated rings. The van der Waals surface area contributed by atoms with E-state index in [1.54, 1.807) is 32.4 Å². The molecule has 5 rings (SSSR count). The molecular weight excluding hydrogens is 466 g/mol. The first-order valence-electron chi connectivity index (χ1n) is 11.1. The van der Waals surface area contributed by atoms with Gasteiger partial charge in [-0.2, -0.15) is 0 Å². The van der Waals surface area contributed by atoms with Crippen molar-refractivity contribution in [3.8, 4) is 11.5 Å². The number of H-pyrrole nitrogens is 1. The third kappa shape index (κ3) is 4.24. The monoisotopic (exact) mass is 491 g/mol. The minimum atomic E-state index is -3.85. The SMILES string of the molecule is COc1cccc(C(CNS(=O)(=O)c2ccc3c(c2)CC(=O)N3)c2c[nH]c3ccccc23)c1OC. The zero-order valence-corrected chi connectivity index (χ0v) is 20.1. The quantitative estimate of drug-likeness (QED) is 0.347. The van der Waals surface area contributed by atoms with E-state index in [1.165, 1.54) is 6.07 Å². The fraction of sp³-hybridized carbons (Fsp3) is 0.192. The first kappa shape index (κ1) is 22.9. The van der Waals surface area contributed by atoms with Crippen molar-refractivity contribution in [2.45, 2.75) is 17.2 Å². The van der Waals surface area contributed by atoms with Crippen LogP contribution in [0, 0.1) is 0 Å². The van der Waals surface area contributed by atoms with Gasteiger partial charge in [0.05, 0.1) is 25.5 Å². The zero-order valence-electron chi connectivity index (χ0n) is 19.3. The number of amides is 1. The number of ether oxygens (including phenoxy) is 2. The fourth-order valence-electron chi connectivity index (χ4n) is 4.61. The number of carbonyl (C=O) groups is 1. The molecular formula is C26H25N3O5S. The minimum absolute atomic E-state index is 0.0853. The van der Waals surface area contributed by atoms with Crippen LogP contribution in [0.1, 0.15) is 22.6 Å². The Morgan fingerprint density at radius 3 is 2.63 bits per heavy atom. The molecule has 0 saturated carbocycles. The number of anilines is 1. The maximum atomic E-state index is 13.3. The van der Waals surface area contributed by atoms with E-state index in [-0.39, 0.29) is 29.7 Å². The van der Waals surface area contributed by atoms with Gasteiger partial charge in [-0.15, -0.1) is 0 Å². The highest BCUT2D eigenvalue weighted by Gasteiger charge is 2.27. The molecule has 4 aromatic rings. The standard InChI is InChI=1S/C26H25N3O5S/c1-33-24-9-5-7-19(26(24)34-2)21(20-14-27-23-8-4-3-6-18(20)23)15-28-35(31,32)17-10-11-22-16(12-17)13-25(30)29-22/h3-12,14,21,27-28H,13,15H2,1-2H3,(H,29,30). The van der Waals surface area contributed by atoms with Gasteiger partial charge in [0.2, 0.25) is 15.9 Å². The molecule has 8 nitrogen and oxygen atoms in total. The van der Waals surface area contributed by atoms with Crippen molar-refractivity contribution < 1.29 is 22.7 Å². The van der Waals surface area contributed by atoms with Gasteiger partial charge in [0, 0.05) is 40.8 Å². The molecule has 0 bridgehead atoms. The van der Waals surface area contributed by atoms with E-state index in [0.717, 1.165) is 22.0 Å². The molecule has 2 heterocycles. The lowest BCUT2D eigenvalue weighted by Gasteiger charge is -2.22. The third-order valence-corrected chi connectivity index (χ3v) is 7.72. The molecule has 180 valence electrons. The zero-order chi connectivity index (χ0) is 24.6. The molecule has 3 N–H and O–H groups in total. The predicted octanol–water partition coefficient (Wildman–Crippen LogP) is 3.79. The van der Waals surface area contributed by atoms with E-state index in [0.29, 0.717) is 22.7 Å². The van der Waals surface area contributed by atoms with Gasteiger partial charge in [0.1, 0.15) is 0 Å². The molecule has 1 aliphatic rings. The number of aromatic nitrogens is 1. The van der Waals surface area contributed by atoms with Gasteiger partial charge < -0.3 is 19.8 Å². The summed E-state index contributed by atoms with van der Waals surface area (Å²) in [4.78, 5) is 15.1. The van der Waals surface area contributed by atoms with Crippen LogP contribution in [0.15, 0.2) is 71.8 Å². The van der Waals surface area contributed by atoms with Crippen molar-refractivity contribution in [3.63, 3.8) is 0 Å². The van der Waals surface area contributed by atoms with Crippen LogP contribution in [0.5, 0.6) is 11.5 Å². The first-order chi connectivity index (χ1) is 16.9. The summed E-state index contributed by atoms with van der Waals surface area (Å²) < 4.78 is 40.5. The summed E-state index contributed by atoms with van der Waals surface area (Å²) >= 11 is 0. The number of methoxy groups -OCH3 is 2. The Hall–Kier alpha value is -3.82. The highest BCUT2D eigenvalue weighted by molar-refractivity contribution is 7.89. The number of para-hydroxylation sites is 2. The number of nitrogens with one attached hydrogen (secondary N) is 3. The van der Waals surface area contributed by atoms with Gasteiger partial charge in [0.25, 0.3) is 0 Å². The summed E-state index contributed by atoms with van der Waals surface area (Å²) in [7, 11) is -0.718. The average molecular weight is 492 g/mol. The topological polar surface area (TPSA) is 110 Å². The molecule has 3 aromatic carbocycles. The molecule has 0 spiro atoms. The van der Waals surface area contributed by atoms with Crippen molar-refractivity contribution >= 4 is 32.5 Å². The van der Waals surface area contributed by atoms with E-state index in [9.17, 15) is 13.2 Å². The van der Waals surface area contributed by atoms with Crippen molar-refractivity contribution in [1.29, 1.82) is 0 Å². The Morgan fingerprint density at radius 2 is 1.83 bits per heavy atom. The number of fused-ring (bicyclic) bond motifs is 2. The van der Waals surface area contributed by atoms with E-state index < -0.39 is 10.0 Å². The maximum Gasteiger partial charge on any atom is 0.240 e. The number of sulfonamides is 1. The molecule has 0 radical (unpaired) electrons. The van der Waals surface area contributed by atoms with E-state index in [1.807, 2.05) is 42.6 Å². The molecule has 1 amide bonds. The van der Waals surface area contributed by atoms with E-state index in [2.05, 4.69) is 15.0 Å². The highest BCUT2D eigenvalue weighted by Crippen LogP contribution is 2.40. The van der Waals surface area contributed by atoms with Crippen LogP contribution in [0.4, 0.5) is 5.69 Å². The van der Waals surface area contributed by atoms with Crippen molar-refractivity contribution in [3.05, 3.63) is 83.6 Å². The van der Waals surface area contributed by atoms with Crippen molar-refractivity contribution in [2.75, 3.05) is 26.1 Å². The Labute approximate surface area is 203 Å². The van der Waals surface area contributed by atoms with Gasteiger partial charge >= 0.3 is 0 Å². The van der Waals surface area contributed by atoms with Crippen LogP contribution in [0.2, 0.25) is 0 Å². The smallest absolute Gasteiger partial charge is 0.240 e. The molecule has 1 atom stereocenters. The van der Waals surface area contributed by atoms with E-state index >= 15 is 0 Å². The second-order valence-electron chi connectivity index (χ2n) is 8.32. The Bertz CT molecular complexity index is 1530. The van der Waals surface area contributed by atoms with Crippen LogP contribution in [0.3, 0.4) is 0 Å². The lowest BCUT2D eigenvalue weighted by atomic mass is 9.90. The van der Waals surface area contributed by atoms with Gasteiger partial charge in [-0.25, -0.2) is 13.1 Å². The Morgan fingerprint density at radius 1 is 1.00 bits per heavy atom. The van der Waals surface area contributed by atoms with Crippen LogP contribution < -0.4 is 19.5 Å². The minimum Gasteiger partial charge on any atom is -0.493 e. The van der Waals surface area contributed by atoms with Crippen LogP contribution >= 0.6 is 0 Å². The normalized spacial score (nSPS) is 13.9. The Kier molecular flexibility index (Phi) is 5.96. The molecule has 1 aromatic heterocycles. The predicted molar refractivity (Wildman–Crippen MR) is 134 cm³/mol. The molecule has 1 unspecified atom stereocenters. The van der Waals surface area contributed by atoms with Gasteiger partial charge in [-0.3, -0.25) is 4.79 Å². The molecule has 0 saturated heterocycles. The van der Waals surface area contributed by atoms with Crippen molar-refractivity contribution in [1.82, 2.24) is 9.71 Å². The molecule has 35 heavy (non-hydrogen) atoms. The number of carbonyl (C=O) groups excluding carboxylic acids is 1. The number of aromatic amines is 1. The highest BCUT2D eigenvalue weighted by atomic mass is 32.2. The summed E-state index contributed by atoms with van der Waals surface area (Å²) in [5, 5.41) is 3.71. The molecule has 0 aliphatic carbocycles. The van der Waals surface area contributed by atoms with Crippen molar-refractivity contribution in [2.24, 2.45) is 0 Å². The molecule has 9 heteroatoms. The summed E-state index contributed by atoms with van der Waals surface area (Å²) in [6.07, 6.45) is 2.06. The van der Waals surface area contributed by atoms with Crippen LogP contribution in [0.25, 0.3) is 10.9 Å². The van der Waals surface area contributed by atoms with Crippen LogP contribution in [-0.4, -0.2) is 40.1 Å². The Balaban J connectivity index is 1.54. The second kappa shape index (κ2) is 9.09. The third-order valence-electron chi connectivity index (χ3n) is 6.30. The van der Waals surface area contributed by atoms with Gasteiger partial charge in [-0.05, 0) is 41.5 Å². The van der Waals surface area contributed by atoms with Crippen LogP contribution in [-0.2, 0) is 21.2 Å². The first-order valence-corrected chi connectivity index (χ1v) is 12.6. The number of rotatable bonds is 8. The second-order valence-corrected chi connectivity index (χ2v) is 10.1. The number of hydrogen-bond acceptors (Lipinski definition) is 5. The van der Waals surface area contributed by atoms with Gasteiger partial charge in [-0.1, -0.05) is 30.3 Å². The number of hydrogen-bond donors (Lipinski definition) is 3. The van der Waals surface area contributed by atoms with Gasteiger partial charge in [0.15, 0.2) is 11.5 Å². The summed E-state index contributed by atoms with van der Waals surface area (Å²) in [6, 6.07) is 18.1. The average Bonchev–Trinajstić information content (AvgIpc) is 3.46. The lowest BCUT2D eigenvalue weighted by molar-refractivity contribution is -0.115. The summed E-state index contributed by atoms with van der Waals surface area (Å²) in [5.41, 5.74) is 3.99. The molecule has 1 aliphatic heterocycles. The number of benzene rings is 3. The van der Waals surface area contributed by atoms with E-state index in [4.69, 9.17) is 9.47 Å².